The first-order chi connectivity index (χ1) is 10.2. The Morgan fingerprint density at radius 1 is 0.714 bits per heavy atom. The van der Waals surface area contributed by atoms with E-state index in [1.165, 1.54) is 0 Å². The van der Waals surface area contributed by atoms with Crippen molar-refractivity contribution >= 4 is 17.3 Å². The van der Waals surface area contributed by atoms with E-state index in [4.69, 9.17) is 14.2 Å². The van der Waals surface area contributed by atoms with Crippen LogP contribution in [0.5, 0.6) is 0 Å². The molecule has 1 aromatic rings. The number of rotatable bonds is 6. The maximum Gasteiger partial charge on any atom is 0.122 e. The van der Waals surface area contributed by atoms with E-state index in [-0.39, 0.29) is 0 Å². The van der Waals surface area contributed by atoms with Crippen LogP contribution >= 0.6 is 0 Å². The SMILES string of the molecule is C/C=C(/OC)c1ccc(/C(=C\C)OC)c(/C(=C\C)OC)c1. The molecule has 3 nitrogen and oxygen atoms in total. The highest BCUT2D eigenvalue weighted by Gasteiger charge is 2.14. The Bertz CT molecular complexity index is 566. The van der Waals surface area contributed by atoms with Crippen molar-refractivity contribution < 1.29 is 14.2 Å². The normalized spacial score (nSPS) is 13.1. The van der Waals surface area contributed by atoms with Gasteiger partial charge in [0.2, 0.25) is 0 Å². The number of hydrogen-bond donors (Lipinski definition) is 0. The summed E-state index contributed by atoms with van der Waals surface area (Å²) in [4.78, 5) is 0. The molecule has 0 unspecified atom stereocenters. The van der Waals surface area contributed by atoms with Gasteiger partial charge in [-0.25, -0.2) is 0 Å². The monoisotopic (exact) mass is 288 g/mol. The molecule has 0 amide bonds. The molecule has 0 aromatic heterocycles. The standard InChI is InChI=1S/C18H24O3/c1-7-16(19-4)13-10-11-14(17(8-2)20-5)15(12-13)18(9-3)21-6/h7-12H,1-6H3/b16-7+,17-8+,18-9+. The van der Waals surface area contributed by atoms with Crippen LogP contribution in [0, 0.1) is 0 Å². The summed E-state index contributed by atoms with van der Waals surface area (Å²) in [6.07, 6.45) is 5.82. The lowest BCUT2D eigenvalue weighted by molar-refractivity contribution is 0.361. The molecule has 0 aliphatic rings. The number of allylic oxidation sites excluding steroid dienone is 3. The Morgan fingerprint density at radius 2 is 1.19 bits per heavy atom. The van der Waals surface area contributed by atoms with Gasteiger partial charge in [0, 0.05) is 16.7 Å². The lowest BCUT2D eigenvalue weighted by Gasteiger charge is -2.16. The number of benzene rings is 1. The molecular formula is C18H24O3. The predicted molar refractivity (Wildman–Crippen MR) is 88.4 cm³/mol. The van der Waals surface area contributed by atoms with Gasteiger partial charge in [-0.3, -0.25) is 0 Å². The Morgan fingerprint density at radius 3 is 1.62 bits per heavy atom. The van der Waals surface area contributed by atoms with Gasteiger partial charge >= 0.3 is 0 Å². The third kappa shape index (κ3) is 3.69. The van der Waals surface area contributed by atoms with E-state index < -0.39 is 0 Å². The maximum absolute atomic E-state index is 5.49. The van der Waals surface area contributed by atoms with Crippen molar-refractivity contribution in [2.75, 3.05) is 21.3 Å². The zero-order valence-corrected chi connectivity index (χ0v) is 13.7. The van der Waals surface area contributed by atoms with Gasteiger partial charge in [-0.1, -0.05) is 6.07 Å². The molecule has 1 aromatic carbocycles. The first-order valence-electron chi connectivity index (χ1n) is 6.92. The summed E-state index contributed by atoms with van der Waals surface area (Å²) in [6.45, 7) is 5.85. The van der Waals surface area contributed by atoms with Crippen molar-refractivity contribution in [2.45, 2.75) is 20.8 Å². The Kier molecular flexibility index (Phi) is 6.60. The first-order valence-corrected chi connectivity index (χ1v) is 6.92. The van der Waals surface area contributed by atoms with Crippen molar-refractivity contribution in [1.82, 2.24) is 0 Å². The van der Waals surface area contributed by atoms with Gasteiger partial charge in [0.15, 0.2) is 0 Å². The maximum atomic E-state index is 5.49. The Balaban J connectivity index is 3.54. The second-order valence-corrected chi connectivity index (χ2v) is 4.33. The Labute approximate surface area is 127 Å². The minimum absolute atomic E-state index is 0.801. The van der Waals surface area contributed by atoms with Gasteiger partial charge in [0.1, 0.15) is 17.3 Å². The molecule has 0 atom stereocenters. The molecule has 0 saturated carbocycles. The van der Waals surface area contributed by atoms with E-state index in [1.807, 2.05) is 51.1 Å². The molecule has 0 fully saturated rings. The molecular weight excluding hydrogens is 264 g/mol. The summed E-state index contributed by atoms with van der Waals surface area (Å²) in [5.74, 6) is 2.44. The van der Waals surface area contributed by atoms with E-state index in [2.05, 4.69) is 6.07 Å². The van der Waals surface area contributed by atoms with Crippen LogP contribution < -0.4 is 0 Å². The largest absolute Gasteiger partial charge is 0.496 e. The first kappa shape index (κ1) is 16.9. The van der Waals surface area contributed by atoms with E-state index in [1.54, 1.807) is 21.3 Å². The van der Waals surface area contributed by atoms with Gasteiger partial charge in [0.25, 0.3) is 0 Å². The average Bonchev–Trinajstić information content (AvgIpc) is 2.52. The predicted octanol–water partition coefficient (Wildman–Crippen LogP) is 4.71. The zero-order valence-electron chi connectivity index (χ0n) is 13.7. The molecule has 114 valence electrons. The summed E-state index contributed by atoms with van der Waals surface area (Å²) < 4.78 is 16.3. The molecule has 0 bridgehead atoms. The molecule has 0 heterocycles. The summed E-state index contributed by atoms with van der Waals surface area (Å²) in [5.41, 5.74) is 2.97. The smallest absolute Gasteiger partial charge is 0.122 e. The summed E-state index contributed by atoms with van der Waals surface area (Å²) >= 11 is 0. The van der Waals surface area contributed by atoms with Crippen LogP contribution in [0.25, 0.3) is 17.3 Å². The zero-order chi connectivity index (χ0) is 15.8. The minimum Gasteiger partial charge on any atom is -0.496 e. The average molecular weight is 288 g/mol. The highest BCUT2D eigenvalue weighted by Crippen LogP contribution is 2.30. The van der Waals surface area contributed by atoms with Gasteiger partial charge in [-0.05, 0) is 51.1 Å². The lowest BCUT2D eigenvalue weighted by Crippen LogP contribution is -1.99. The molecule has 1 rings (SSSR count). The van der Waals surface area contributed by atoms with Crippen LogP contribution in [0.3, 0.4) is 0 Å². The van der Waals surface area contributed by atoms with Crippen molar-refractivity contribution in [3.8, 4) is 0 Å². The number of methoxy groups -OCH3 is 3. The fourth-order valence-corrected chi connectivity index (χ4v) is 2.29. The fraction of sp³-hybridized carbons (Fsp3) is 0.333. The van der Waals surface area contributed by atoms with E-state index >= 15 is 0 Å². The van der Waals surface area contributed by atoms with Gasteiger partial charge in [-0.2, -0.15) is 0 Å². The molecule has 3 heteroatoms. The third-order valence-corrected chi connectivity index (χ3v) is 3.28. The molecule has 0 radical (unpaired) electrons. The van der Waals surface area contributed by atoms with Crippen LogP contribution in [-0.4, -0.2) is 21.3 Å². The van der Waals surface area contributed by atoms with Crippen LogP contribution in [0.2, 0.25) is 0 Å². The van der Waals surface area contributed by atoms with E-state index in [0.717, 1.165) is 34.0 Å². The summed E-state index contributed by atoms with van der Waals surface area (Å²) in [6, 6.07) is 6.09. The number of hydrogen-bond acceptors (Lipinski definition) is 3. The van der Waals surface area contributed by atoms with Crippen LogP contribution in [0.1, 0.15) is 37.5 Å². The Hall–Kier alpha value is -2.16. The van der Waals surface area contributed by atoms with Crippen molar-refractivity contribution in [2.24, 2.45) is 0 Å². The second-order valence-electron chi connectivity index (χ2n) is 4.33. The highest BCUT2D eigenvalue weighted by molar-refractivity contribution is 5.77. The van der Waals surface area contributed by atoms with Gasteiger partial charge in [0.05, 0.1) is 21.3 Å². The van der Waals surface area contributed by atoms with E-state index in [0.29, 0.717) is 0 Å². The van der Waals surface area contributed by atoms with Crippen molar-refractivity contribution in [3.63, 3.8) is 0 Å². The van der Waals surface area contributed by atoms with Crippen LogP contribution in [-0.2, 0) is 14.2 Å². The quantitative estimate of drug-likeness (QED) is 0.710. The topological polar surface area (TPSA) is 27.7 Å². The summed E-state index contributed by atoms with van der Waals surface area (Å²) in [7, 11) is 5.00. The highest BCUT2D eigenvalue weighted by atomic mass is 16.5. The van der Waals surface area contributed by atoms with Crippen LogP contribution in [0.4, 0.5) is 0 Å². The van der Waals surface area contributed by atoms with Crippen LogP contribution in [0.15, 0.2) is 36.4 Å². The summed E-state index contributed by atoms with van der Waals surface area (Å²) in [5, 5.41) is 0. The van der Waals surface area contributed by atoms with Crippen molar-refractivity contribution in [1.29, 1.82) is 0 Å². The second kappa shape index (κ2) is 8.20. The molecule has 0 aliphatic heterocycles. The fourth-order valence-electron chi connectivity index (χ4n) is 2.29. The van der Waals surface area contributed by atoms with Crippen molar-refractivity contribution in [3.05, 3.63) is 53.1 Å². The van der Waals surface area contributed by atoms with Gasteiger partial charge in [-0.15, -0.1) is 0 Å². The number of ether oxygens (including phenoxy) is 3. The molecule has 21 heavy (non-hydrogen) atoms. The minimum atomic E-state index is 0.801. The lowest BCUT2D eigenvalue weighted by atomic mass is 9.99. The third-order valence-electron chi connectivity index (χ3n) is 3.28. The molecule has 0 aliphatic carbocycles. The molecule has 0 saturated heterocycles. The molecule has 0 N–H and O–H groups in total. The van der Waals surface area contributed by atoms with Gasteiger partial charge < -0.3 is 14.2 Å². The molecule has 0 spiro atoms. The van der Waals surface area contributed by atoms with E-state index in [9.17, 15) is 0 Å².